The number of carbonyl (C=O) groups excluding carboxylic acids is 1. The highest BCUT2D eigenvalue weighted by Crippen LogP contribution is 2.17. The number of aromatic nitrogens is 2. The fraction of sp³-hybridized carbons (Fsp3) is 0.550. The molecule has 1 aromatic heterocycles. The Hall–Kier alpha value is -2.61. The van der Waals surface area contributed by atoms with E-state index < -0.39 is 0 Å². The molecule has 2 amide bonds. The summed E-state index contributed by atoms with van der Waals surface area (Å²) in [7, 11) is 1.75. The fourth-order valence-electron chi connectivity index (χ4n) is 3.12. The van der Waals surface area contributed by atoms with Gasteiger partial charge in [-0.1, -0.05) is 11.2 Å². The fourth-order valence-corrected chi connectivity index (χ4v) is 3.12. The van der Waals surface area contributed by atoms with Crippen molar-refractivity contribution in [2.45, 2.75) is 45.8 Å². The minimum absolute atomic E-state index is 0.127. The number of nitrogens with zero attached hydrogens (tertiary/aromatic N) is 3. The largest absolute Gasteiger partial charge is 0.484 e. The standard InChI is InChI=1S/C20H28N4O4/c1-14-9-15(2)11-17(10-14)27-13-19-22-18(23-28-19)6-7-24(3)20(25)21-12-16-5-4-8-26-16/h9-11,16H,4-8,12-13H2,1-3H3,(H,21,25). The number of rotatable bonds is 8. The minimum Gasteiger partial charge on any atom is -0.484 e. The molecule has 1 unspecified atom stereocenters. The van der Waals surface area contributed by atoms with Gasteiger partial charge in [0.25, 0.3) is 5.89 Å². The van der Waals surface area contributed by atoms with E-state index in [0.717, 1.165) is 36.3 Å². The third kappa shape index (κ3) is 5.95. The van der Waals surface area contributed by atoms with Gasteiger partial charge in [-0.05, 0) is 49.9 Å². The van der Waals surface area contributed by atoms with Crippen molar-refractivity contribution in [1.82, 2.24) is 20.4 Å². The Morgan fingerprint density at radius 2 is 2.11 bits per heavy atom. The quantitative estimate of drug-likeness (QED) is 0.748. The molecule has 0 saturated carbocycles. The molecule has 0 bridgehead atoms. The summed E-state index contributed by atoms with van der Waals surface area (Å²) in [6.07, 6.45) is 2.70. The molecule has 0 spiro atoms. The highest BCUT2D eigenvalue weighted by Gasteiger charge is 2.18. The van der Waals surface area contributed by atoms with Crippen LogP contribution in [0.5, 0.6) is 5.75 Å². The summed E-state index contributed by atoms with van der Waals surface area (Å²) in [6, 6.07) is 5.89. The highest BCUT2D eigenvalue weighted by atomic mass is 16.5. The zero-order valence-electron chi connectivity index (χ0n) is 16.7. The van der Waals surface area contributed by atoms with Crippen LogP contribution in [0.2, 0.25) is 0 Å². The number of ether oxygens (including phenoxy) is 2. The van der Waals surface area contributed by atoms with Crippen LogP contribution in [0.4, 0.5) is 4.79 Å². The topological polar surface area (TPSA) is 89.7 Å². The summed E-state index contributed by atoms with van der Waals surface area (Å²) in [5.74, 6) is 1.75. The van der Waals surface area contributed by atoms with Crippen LogP contribution in [0.3, 0.4) is 0 Å². The summed E-state index contributed by atoms with van der Waals surface area (Å²) >= 11 is 0. The zero-order valence-corrected chi connectivity index (χ0v) is 16.7. The Morgan fingerprint density at radius 1 is 1.32 bits per heavy atom. The number of aryl methyl sites for hydroxylation is 2. The molecule has 1 atom stereocenters. The van der Waals surface area contributed by atoms with Crippen LogP contribution in [0.25, 0.3) is 0 Å². The molecule has 8 nitrogen and oxygen atoms in total. The number of carbonyl (C=O) groups is 1. The Morgan fingerprint density at radius 3 is 2.82 bits per heavy atom. The van der Waals surface area contributed by atoms with Gasteiger partial charge in [0.05, 0.1) is 6.10 Å². The van der Waals surface area contributed by atoms with Crippen LogP contribution < -0.4 is 10.1 Å². The number of hydrogen-bond acceptors (Lipinski definition) is 6. The van der Waals surface area contributed by atoms with Crippen molar-refractivity contribution < 1.29 is 18.8 Å². The van der Waals surface area contributed by atoms with E-state index in [1.54, 1.807) is 11.9 Å². The van der Waals surface area contributed by atoms with E-state index in [1.165, 1.54) is 0 Å². The Labute approximate surface area is 165 Å². The van der Waals surface area contributed by atoms with E-state index in [0.29, 0.717) is 31.2 Å². The van der Waals surface area contributed by atoms with Crippen molar-refractivity contribution in [1.29, 1.82) is 0 Å². The molecule has 0 aliphatic carbocycles. The van der Waals surface area contributed by atoms with Crippen molar-refractivity contribution in [3.05, 3.63) is 41.0 Å². The van der Waals surface area contributed by atoms with E-state index >= 15 is 0 Å². The molecule has 2 aromatic rings. The Kier molecular flexibility index (Phi) is 6.86. The molecule has 1 saturated heterocycles. The van der Waals surface area contributed by atoms with E-state index in [1.807, 2.05) is 26.0 Å². The number of nitrogens with one attached hydrogen (secondary N) is 1. The molecule has 8 heteroatoms. The van der Waals surface area contributed by atoms with Crippen LogP contribution in [-0.2, 0) is 17.8 Å². The molecule has 1 aliphatic rings. The lowest BCUT2D eigenvalue weighted by molar-refractivity contribution is 0.109. The molecule has 1 N–H and O–H groups in total. The van der Waals surface area contributed by atoms with E-state index in [-0.39, 0.29) is 18.7 Å². The summed E-state index contributed by atoms with van der Waals surface area (Å²) in [4.78, 5) is 18.1. The summed E-state index contributed by atoms with van der Waals surface area (Å²) < 4.78 is 16.5. The van der Waals surface area contributed by atoms with Gasteiger partial charge >= 0.3 is 6.03 Å². The first kappa shape index (κ1) is 20.1. The first-order valence-electron chi connectivity index (χ1n) is 9.63. The summed E-state index contributed by atoms with van der Waals surface area (Å²) in [5.41, 5.74) is 2.28. The van der Waals surface area contributed by atoms with Crippen molar-refractivity contribution in [2.75, 3.05) is 26.7 Å². The molecule has 1 fully saturated rings. The first-order chi connectivity index (χ1) is 13.5. The summed E-state index contributed by atoms with van der Waals surface area (Å²) in [5, 5.41) is 6.85. The van der Waals surface area contributed by atoms with Gasteiger partial charge in [0.15, 0.2) is 12.4 Å². The number of benzene rings is 1. The van der Waals surface area contributed by atoms with Gasteiger partial charge in [-0.3, -0.25) is 0 Å². The lowest BCUT2D eigenvalue weighted by Gasteiger charge is -2.18. The Balaban J connectivity index is 1.40. The number of urea groups is 1. The monoisotopic (exact) mass is 388 g/mol. The molecule has 3 rings (SSSR count). The van der Waals surface area contributed by atoms with Gasteiger partial charge in [0, 0.05) is 33.2 Å². The van der Waals surface area contributed by atoms with Crippen molar-refractivity contribution in [3.8, 4) is 5.75 Å². The van der Waals surface area contributed by atoms with Crippen LogP contribution in [0, 0.1) is 13.8 Å². The van der Waals surface area contributed by atoms with Crippen molar-refractivity contribution in [3.63, 3.8) is 0 Å². The molecule has 152 valence electrons. The first-order valence-corrected chi connectivity index (χ1v) is 9.63. The second kappa shape index (κ2) is 9.54. The smallest absolute Gasteiger partial charge is 0.317 e. The van der Waals surface area contributed by atoms with E-state index in [4.69, 9.17) is 14.0 Å². The van der Waals surface area contributed by atoms with Crippen molar-refractivity contribution in [2.24, 2.45) is 0 Å². The van der Waals surface area contributed by atoms with Gasteiger partial charge in [-0.25, -0.2) is 4.79 Å². The second-order valence-electron chi connectivity index (χ2n) is 7.21. The molecule has 28 heavy (non-hydrogen) atoms. The molecule has 1 aromatic carbocycles. The number of likely N-dealkylation sites (N-methyl/N-ethyl adjacent to an activating group) is 1. The maximum Gasteiger partial charge on any atom is 0.317 e. The lowest BCUT2D eigenvalue weighted by atomic mass is 10.1. The highest BCUT2D eigenvalue weighted by molar-refractivity contribution is 5.73. The van der Waals surface area contributed by atoms with Gasteiger partial charge < -0.3 is 24.2 Å². The molecule has 0 radical (unpaired) electrons. The van der Waals surface area contributed by atoms with Crippen LogP contribution in [-0.4, -0.2) is 53.9 Å². The maximum absolute atomic E-state index is 12.1. The van der Waals surface area contributed by atoms with Crippen LogP contribution in [0.15, 0.2) is 22.7 Å². The predicted molar refractivity (Wildman–Crippen MR) is 103 cm³/mol. The third-order valence-electron chi connectivity index (χ3n) is 4.59. The predicted octanol–water partition coefficient (Wildman–Crippen LogP) is 2.63. The molecule has 2 heterocycles. The van der Waals surface area contributed by atoms with Gasteiger partial charge in [0.1, 0.15) is 5.75 Å². The second-order valence-corrected chi connectivity index (χ2v) is 7.21. The lowest BCUT2D eigenvalue weighted by Crippen LogP contribution is -2.41. The summed E-state index contributed by atoms with van der Waals surface area (Å²) in [6.45, 7) is 6.09. The van der Waals surface area contributed by atoms with E-state index in [2.05, 4.69) is 21.5 Å². The number of hydrogen-bond donors (Lipinski definition) is 1. The average molecular weight is 388 g/mol. The van der Waals surface area contributed by atoms with Gasteiger partial charge in [-0.2, -0.15) is 4.98 Å². The van der Waals surface area contributed by atoms with Crippen molar-refractivity contribution >= 4 is 6.03 Å². The molecular weight excluding hydrogens is 360 g/mol. The number of amides is 2. The minimum atomic E-state index is -0.127. The SMILES string of the molecule is Cc1cc(C)cc(OCc2nc(CCN(C)C(=O)NCC3CCCO3)no2)c1. The van der Waals surface area contributed by atoms with Gasteiger partial charge in [0.2, 0.25) is 0 Å². The molecular formula is C20H28N4O4. The normalized spacial score (nSPS) is 16.2. The Bertz CT molecular complexity index is 766. The van der Waals surface area contributed by atoms with Crippen LogP contribution >= 0.6 is 0 Å². The van der Waals surface area contributed by atoms with E-state index in [9.17, 15) is 4.79 Å². The van der Waals surface area contributed by atoms with Crippen LogP contribution in [0.1, 0.15) is 35.7 Å². The average Bonchev–Trinajstić information content (AvgIpc) is 3.33. The van der Waals surface area contributed by atoms with Gasteiger partial charge in [-0.15, -0.1) is 0 Å². The molecule has 1 aliphatic heterocycles. The zero-order chi connectivity index (χ0) is 19.9. The maximum atomic E-state index is 12.1. The third-order valence-corrected chi connectivity index (χ3v) is 4.59.